The number of benzene rings is 3. The molecule has 4 aromatic rings. The Morgan fingerprint density at radius 2 is 1.77 bits per heavy atom. The second-order valence-electron chi connectivity index (χ2n) is 13.9. The summed E-state index contributed by atoms with van der Waals surface area (Å²) >= 11 is 0. The third-order valence-electron chi connectivity index (χ3n) is 10.0. The average Bonchev–Trinajstić information content (AvgIpc) is 3.91. The van der Waals surface area contributed by atoms with Crippen molar-refractivity contribution in [3.8, 4) is 17.0 Å². The van der Waals surface area contributed by atoms with Crippen LogP contribution >= 0.6 is 0 Å². The third-order valence-corrected chi connectivity index (χ3v) is 12.2. The second-order valence-corrected chi connectivity index (χ2v) is 16.3. The fraction of sp³-hybridized carbons (Fsp3) is 0.436. The molecule has 2 aliphatic rings. The number of ether oxygens (including phenoxy) is 1. The quantitative estimate of drug-likeness (QED) is 0.143. The minimum Gasteiger partial charge on any atom is -0.492 e. The molecule has 52 heavy (non-hydrogen) atoms. The van der Waals surface area contributed by atoms with Crippen LogP contribution in [0.3, 0.4) is 0 Å². The van der Waals surface area contributed by atoms with Crippen molar-refractivity contribution in [3.63, 3.8) is 0 Å². The van der Waals surface area contributed by atoms with Crippen molar-refractivity contribution >= 4 is 26.6 Å². The van der Waals surface area contributed by atoms with Crippen LogP contribution in [0.1, 0.15) is 73.5 Å². The number of alkyl halides is 3. The predicted octanol–water partition coefficient (Wildman–Crippen LogP) is 6.47. The van der Waals surface area contributed by atoms with Crippen LogP contribution in [0.2, 0.25) is 0 Å². The number of likely N-dealkylation sites (tertiary alicyclic amines) is 1. The van der Waals surface area contributed by atoms with Gasteiger partial charge in [-0.05, 0) is 83.3 Å². The maximum absolute atomic E-state index is 14.9. The first-order valence-corrected chi connectivity index (χ1v) is 19.3. The van der Waals surface area contributed by atoms with E-state index in [0.29, 0.717) is 38.0 Å². The highest BCUT2D eigenvalue weighted by molar-refractivity contribution is 7.92. The van der Waals surface area contributed by atoms with E-state index in [0.717, 1.165) is 30.5 Å². The van der Waals surface area contributed by atoms with Gasteiger partial charge in [0, 0.05) is 41.7 Å². The van der Waals surface area contributed by atoms with Crippen molar-refractivity contribution in [1.29, 1.82) is 0 Å². The number of carbonyl (C=O) groups excluding carboxylic acids is 1. The number of pyridine rings is 1. The summed E-state index contributed by atoms with van der Waals surface area (Å²) in [6.45, 7) is 6.92. The Balaban J connectivity index is 1.60. The van der Waals surface area contributed by atoms with Gasteiger partial charge in [0.05, 0.1) is 46.3 Å². The average molecular weight is 739 g/mol. The summed E-state index contributed by atoms with van der Waals surface area (Å²) < 4.78 is 75.6. The summed E-state index contributed by atoms with van der Waals surface area (Å²) in [6.07, 6.45) is -1.72. The summed E-state index contributed by atoms with van der Waals surface area (Å²) in [5.41, 5.74) is 0.627. The van der Waals surface area contributed by atoms with Crippen LogP contribution < -0.4 is 15.4 Å². The molecule has 0 bridgehead atoms. The lowest BCUT2D eigenvalue weighted by atomic mass is 9.93. The molecule has 3 aromatic carbocycles. The normalized spacial score (nSPS) is 16.7. The highest BCUT2D eigenvalue weighted by Gasteiger charge is 2.46. The molecule has 0 atom stereocenters. The van der Waals surface area contributed by atoms with Gasteiger partial charge in [0.15, 0.2) is 9.84 Å². The number of aromatic nitrogens is 1. The van der Waals surface area contributed by atoms with Crippen LogP contribution in [0, 0.1) is 0 Å². The summed E-state index contributed by atoms with van der Waals surface area (Å²) in [7, 11) is -3.91. The predicted molar refractivity (Wildman–Crippen MR) is 194 cm³/mol. The van der Waals surface area contributed by atoms with Gasteiger partial charge in [-0.2, -0.15) is 13.2 Å². The first-order chi connectivity index (χ1) is 24.8. The van der Waals surface area contributed by atoms with E-state index >= 15 is 0 Å². The van der Waals surface area contributed by atoms with E-state index in [1.165, 1.54) is 18.2 Å². The number of nitrogens with one attached hydrogen (secondary N) is 2. The van der Waals surface area contributed by atoms with Gasteiger partial charge >= 0.3 is 6.18 Å². The lowest BCUT2D eigenvalue weighted by Gasteiger charge is -2.33. The van der Waals surface area contributed by atoms with Crippen molar-refractivity contribution in [3.05, 3.63) is 89.0 Å². The summed E-state index contributed by atoms with van der Waals surface area (Å²) in [4.78, 5) is 21.9. The Labute approximate surface area is 302 Å². The Morgan fingerprint density at radius 3 is 2.38 bits per heavy atom. The van der Waals surface area contributed by atoms with E-state index in [9.17, 15) is 31.5 Å². The van der Waals surface area contributed by atoms with E-state index in [4.69, 9.17) is 9.72 Å². The topological polar surface area (TPSA) is 121 Å². The molecule has 1 aliphatic heterocycles. The van der Waals surface area contributed by atoms with Crippen LogP contribution in [0.15, 0.2) is 71.6 Å². The minimum atomic E-state index is -4.62. The van der Waals surface area contributed by atoms with Crippen molar-refractivity contribution < 1.29 is 36.2 Å². The summed E-state index contributed by atoms with van der Waals surface area (Å²) in [6, 6.07) is 17.6. The second kappa shape index (κ2) is 15.1. The van der Waals surface area contributed by atoms with Gasteiger partial charge in [-0.1, -0.05) is 42.5 Å². The number of rotatable bonds is 13. The maximum Gasteiger partial charge on any atom is 0.416 e. The SMILES string of the molecule is CCOc1cc2nc(-c3cccc(C(F)(F)F)c3)c(CN3CCC(NCCO)CC3)c(C(=O)NC3(c4ccccc4)CC3)c2cc1S(=O)(=O)C(C)C. The number of sulfone groups is 1. The first-order valence-electron chi connectivity index (χ1n) is 17.8. The van der Waals surface area contributed by atoms with Gasteiger partial charge in [0.1, 0.15) is 10.6 Å². The Kier molecular flexibility index (Phi) is 11.0. The van der Waals surface area contributed by atoms with Crippen molar-refractivity contribution in [2.24, 2.45) is 0 Å². The largest absolute Gasteiger partial charge is 0.492 e. The number of carbonyl (C=O) groups is 1. The number of halogens is 3. The van der Waals surface area contributed by atoms with E-state index in [-0.39, 0.29) is 64.2 Å². The van der Waals surface area contributed by atoms with E-state index in [1.54, 1.807) is 26.8 Å². The van der Waals surface area contributed by atoms with E-state index in [1.807, 2.05) is 30.3 Å². The fourth-order valence-corrected chi connectivity index (χ4v) is 8.17. The minimum absolute atomic E-state index is 0.0196. The monoisotopic (exact) mass is 738 g/mol. The van der Waals surface area contributed by atoms with Crippen molar-refractivity contribution in [1.82, 2.24) is 20.5 Å². The molecular formula is C39H45F3N4O5S. The fourth-order valence-electron chi connectivity index (χ4n) is 6.99. The van der Waals surface area contributed by atoms with Crippen LogP contribution in [-0.4, -0.2) is 73.5 Å². The number of fused-ring (bicyclic) bond motifs is 1. The number of aliphatic hydroxyl groups is 1. The van der Waals surface area contributed by atoms with Crippen LogP contribution in [0.4, 0.5) is 13.2 Å². The molecule has 6 rings (SSSR count). The van der Waals surface area contributed by atoms with Gasteiger partial charge in [-0.3, -0.25) is 9.69 Å². The highest BCUT2D eigenvalue weighted by Crippen LogP contribution is 2.46. The molecule has 1 saturated carbocycles. The van der Waals surface area contributed by atoms with Gasteiger partial charge in [-0.15, -0.1) is 0 Å². The standard InChI is InChI=1S/C39H45F3N4O5S/c1-4-51-33-23-32-30(22-34(33)52(49,50)25(2)3)35(37(48)45-38(15-16-38)27-10-6-5-7-11-27)31(24-46-18-13-29(14-19-46)43-17-20-47)36(44-32)26-9-8-12-28(21-26)39(40,41)42/h5-12,21-23,25,29,43,47H,4,13-20,24H2,1-3H3,(H,45,48). The van der Waals surface area contributed by atoms with Gasteiger partial charge < -0.3 is 20.5 Å². The number of amides is 1. The molecule has 13 heteroatoms. The van der Waals surface area contributed by atoms with Gasteiger partial charge in [-0.25, -0.2) is 13.4 Å². The zero-order valence-corrected chi connectivity index (χ0v) is 30.4. The highest BCUT2D eigenvalue weighted by atomic mass is 32.2. The summed E-state index contributed by atoms with van der Waals surface area (Å²) in [5.74, 6) is -0.403. The van der Waals surface area contributed by atoms with Crippen LogP contribution in [-0.2, 0) is 28.1 Å². The third kappa shape index (κ3) is 7.83. The molecule has 0 radical (unpaired) electrons. The number of piperidine rings is 1. The Hall–Kier alpha value is -4.04. The maximum atomic E-state index is 14.9. The lowest BCUT2D eigenvalue weighted by molar-refractivity contribution is -0.137. The first kappa shape index (κ1) is 37.7. The number of hydrogen-bond acceptors (Lipinski definition) is 8. The van der Waals surface area contributed by atoms with Gasteiger partial charge in [0.25, 0.3) is 5.91 Å². The van der Waals surface area contributed by atoms with Crippen LogP contribution in [0.25, 0.3) is 22.2 Å². The zero-order valence-electron chi connectivity index (χ0n) is 29.6. The van der Waals surface area contributed by atoms with Gasteiger partial charge in [0.2, 0.25) is 0 Å². The molecule has 1 aliphatic carbocycles. The lowest BCUT2D eigenvalue weighted by Crippen LogP contribution is -2.43. The molecule has 278 valence electrons. The molecule has 3 N–H and O–H groups in total. The molecule has 9 nitrogen and oxygen atoms in total. The molecule has 1 aromatic heterocycles. The molecule has 2 heterocycles. The Bertz CT molecular complexity index is 2030. The number of nitrogens with zero attached hydrogens (tertiary/aromatic N) is 2. The molecule has 1 amide bonds. The molecule has 0 unspecified atom stereocenters. The van der Waals surface area contributed by atoms with E-state index in [2.05, 4.69) is 15.5 Å². The molecule has 2 fully saturated rings. The van der Waals surface area contributed by atoms with Crippen LogP contribution in [0.5, 0.6) is 5.75 Å². The van der Waals surface area contributed by atoms with Crippen molar-refractivity contribution in [2.45, 2.75) is 80.9 Å². The molecular weight excluding hydrogens is 694 g/mol. The molecule has 1 saturated heterocycles. The number of hydrogen-bond donors (Lipinski definition) is 3. The zero-order chi connectivity index (χ0) is 37.3. The molecule has 0 spiro atoms. The smallest absolute Gasteiger partial charge is 0.416 e. The summed E-state index contributed by atoms with van der Waals surface area (Å²) in [5, 5.41) is 15.4. The van der Waals surface area contributed by atoms with E-state index < -0.39 is 38.3 Å². The number of aliphatic hydroxyl groups excluding tert-OH is 1. The van der Waals surface area contributed by atoms with Crippen molar-refractivity contribution in [2.75, 3.05) is 32.8 Å². The Morgan fingerprint density at radius 1 is 1.06 bits per heavy atom.